The SMILES string of the molecule is COc1cc(CCC=O)ccn1. The summed E-state index contributed by atoms with van der Waals surface area (Å²) in [7, 11) is 1.58. The van der Waals surface area contributed by atoms with Gasteiger partial charge in [0.1, 0.15) is 6.29 Å². The Balaban J connectivity index is 2.65. The number of methoxy groups -OCH3 is 1. The first kappa shape index (κ1) is 8.71. The summed E-state index contributed by atoms with van der Waals surface area (Å²) in [5.41, 5.74) is 1.08. The van der Waals surface area contributed by atoms with Crippen LogP contribution in [0.3, 0.4) is 0 Å². The summed E-state index contributed by atoms with van der Waals surface area (Å²) in [6.07, 6.45) is 3.89. The lowest BCUT2D eigenvalue weighted by Crippen LogP contribution is -1.90. The lowest BCUT2D eigenvalue weighted by atomic mass is 10.1. The first-order valence-corrected chi connectivity index (χ1v) is 3.79. The molecule has 0 saturated heterocycles. The molecule has 0 radical (unpaired) electrons. The van der Waals surface area contributed by atoms with Gasteiger partial charge in [-0.2, -0.15) is 0 Å². The van der Waals surface area contributed by atoms with Crippen LogP contribution >= 0.6 is 0 Å². The van der Waals surface area contributed by atoms with Crippen molar-refractivity contribution >= 4 is 6.29 Å². The summed E-state index contributed by atoms with van der Waals surface area (Å²) in [6.45, 7) is 0. The highest BCUT2D eigenvalue weighted by atomic mass is 16.5. The topological polar surface area (TPSA) is 39.2 Å². The molecule has 3 nitrogen and oxygen atoms in total. The van der Waals surface area contributed by atoms with Gasteiger partial charge in [0.2, 0.25) is 5.88 Å². The van der Waals surface area contributed by atoms with E-state index in [1.807, 2.05) is 12.1 Å². The molecule has 0 fully saturated rings. The van der Waals surface area contributed by atoms with Crippen LogP contribution in [-0.2, 0) is 11.2 Å². The standard InChI is InChI=1S/C9H11NO2/c1-12-9-7-8(3-2-6-11)4-5-10-9/h4-7H,2-3H2,1H3. The number of hydrogen-bond acceptors (Lipinski definition) is 3. The summed E-state index contributed by atoms with van der Waals surface area (Å²) < 4.78 is 4.94. The fraction of sp³-hybridized carbons (Fsp3) is 0.333. The maximum atomic E-state index is 10.1. The van der Waals surface area contributed by atoms with Gasteiger partial charge >= 0.3 is 0 Å². The molecular formula is C9H11NO2. The molecule has 0 atom stereocenters. The van der Waals surface area contributed by atoms with Crippen LogP contribution in [0.5, 0.6) is 5.88 Å². The van der Waals surface area contributed by atoms with Crippen molar-refractivity contribution in [3.05, 3.63) is 23.9 Å². The average Bonchev–Trinajstić information content (AvgIpc) is 2.15. The number of hydrogen-bond donors (Lipinski definition) is 0. The highest BCUT2D eigenvalue weighted by Crippen LogP contribution is 2.09. The molecule has 1 rings (SSSR count). The van der Waals surface area contributed by atoms with E-state index in [9.17, 15) is 4.79 Å². The number of carbonyl (C=O) groups excluding carboxylic acids is 1. The molecule has 0 unspecified atom stereocenters. The zero-order valence-corrected chi connectivity index (χ0v) is 6.99. The number of aldehydes is 1. The number of nitrogens with zero attached hydrogens (tertiary/aromatic N) is 1. The van der Waals surface area contributed by atoms with E-state index in [1.54, 1.807) is 13.3 Å². The fourth-order valence-electron chi connectivity index (χ4n) is 0.943. The van der Waals surface area contributed by atoms with Crippen LogP contribution in [0.4, 0.5) is 0 Å². The van der Waals surface area contributed by atoms with E-state index < -0.39 is 0 Å². The summed E-state index contributed by atoms with van der Waals surface area (Å²) in [5, 5.41) is 0. The van der Waals surface area contributed by atoms with Crippen LogP contribution in [0.2, 0.25) is 0 Å². The number of pyridine rings is 1. The number of carbonyl (C=O) groups is 1. The molecule has 0 aliphatic rings. The van der Waals surface area contributed by atoms with Crippen LogP contribution in [0.25, 0.3) is 0 Å². The molecule has 12 heavy (non-hydrogen) atoms. The molecule has 0 bridgehead atoms. The summed E-state index contributed by atoms with van der Waals surface area (Å²) in [4.78, 5) is 14.0. The third-order valence-electron chi connectivity index (χ3n) is 1.56. The van der Waals surface area contributed by atoms with Gasteiger partial charge in [0.05, 0.1) is 7.11 Å². The van der Waals surface area contributed by atoms with Crippen molar-refractivity contribution in [1.29, 1.82) is 0 Å². The molecule has 1 heterocycles. The third kappa shape index (κ3) is 2.34. The molecule has 0 aliphatic heterocycles. The van der Waals surface area contributed by atoms with Crippen LogP contribution in [0, 0.1) is 0 Å². The normalized spacial score (nSPS) is 9.42. The first-order valence-electron chi connectivity index (χ1n) is 3.79. The zero-order valence-electron chi connectivity index (χ0n) is 6.99. The van der Waals surface area contributed by atoms with Crippen molar-refractivity contribution in [2.24, 2.45) is 0 Å². The minimum Gasteiger partial charge on any atom is -0.481 e. The van der Waals surface area contributed by atoms with E-state index in [0.29, 0.717) is 12.3 Å². The van der Waals surface area contributed by atoms with Gasteiger partial charge in [0, 0.05) is 18.7 Å². The minimum absolute atomic E-state index is 0.549. The minimum atomic E-state index is 0.549. The second-order valence-corrected chi connectivity index (χ2v) is 2.41. The van der Waals surface area contributed by atoms with Crippen LogP contribution < -0.4 is 4.74 Å². The van der Waals surface area contributed by atoms with Gasteiger partial charge in [0.15, 0.2) is 0 Å². The molecule has 1 aromatic heterocycles. The van der Waals surface area contributed by atoms with Crippen molar-refractivity contribution in [3.63, 3.8) is 0 Å². The van der Waals surface area contributed by atoms with Gasteiger partial charge in [-0.15, -0.1) is 0 Å². The predicted octanol–water partition coefficient (Wildman–Crippen LogP) is 1.22. The summed E-state index contributed by atoms with van der Waals surface area (Å²) in [5.74, 6) is 0.596. The maximum Gasteiger partial charge on any atom is 0.213 e. The Morgan fingerprint density at radius 1 is 1.67 bits per heavy atom. The molecule has 64 valence electrons. The lowest BCUT2D eigenvalue weighted by molar-refractivity contribution is -0.107. The van der Waals surface area contributed by atoms with Crippen molar-refractivity contribution < 1.29 is 9.53 Å². The quantitative estimate of drug-likeness (QED) is 0.630. The van der Waals surface area contributed by atoms with E-state index >= 15 is 0 Å². The van der Waals surface area contributed by atoms with E-state index in [1.165, 1.54) is 0 Å². The van der Waals surface area contributed by atoms with Gasteiger partial charge in [-0.05, 0) is 18.1 Å². The second kappa shape index (κ2) is 4.49. The van der Waals surface area contributed by atoms with Gasteiger partial charge < -0.3 is 9.53 Å². The first-order chi connectivity index (χ1) is 5.86. The monoisotopic (exact) mass is 165 g/mol. The van der Waals surface area contributed by atoms with E-state index in [4.69, 9.17) is 4.74 Å². The van der Waals surface area contributed by atoms with Crippen LogP contribution in [-0.4, -0.2) is 18.4 Å². The molecule has 0 saturated carbocycles. The van der Waals surface area contributed by atoms with E-state index in [2.05, 4.69) is 4.98 Å². The molecule has 1 aromatic rings. The van der Waals surface area contributed by atoms with Crippen LogP contribution in [0.15, 0.2) is 18.3 Å². The van der Waals surface area contributed by atoms with Crippen molar-refractivity contribution in [3.8, 4) is 5.88 Å². The van der Waals surface area contributed by atoms with Crippen LogP contribution in [0.1, 0.15) is 12.0 Å². The third-order valence-corrected chi connectivity index (χ3v) is 1.56. The largest absolute Gasteiger partial charge is 0.481 e. The Kier molecular flexibility index (Phi) is 3.26. The number of aryl methyl sites for hydroxylation is 1. The Hall–Kier alpha value is -1.38. The van der Waals surface area contributed by atoms with Gasteiger partial charge in [-0.25, -0.2) is 4.98 Å². The molecule has 0 aromatic carbocycles. The van der Waals surface area contributed by atoms with Crippen molar-refractivity contribution in [2.45, 2.75) is 12.8 Å². The number of aromatic nitrogens is 1. The smallest absolute Gasteiger partial charge is 0.213 e. The van der Waals surface area contributed by atoms with E-state index in [-0.39, 0.29) is 0 Å². The van der Waals surface area contributed by atoms with E-state index in [0.717, 1.165) is 18.3 Å². The van der Waals surface area contributed by atoms with Gasteiger partial charge in [-0.3, -0.25) is 0 Å². The average molecular weight is 165 g/mol. The highest BCUT2D eigenvalue weighted by Gasteiger charge is 1.95. The highest BCUT2D eigenvalue weighted by molar-refractivity contribution is 5.50. The fourth-order valence-corrected chi connectivity index (χ4v) is 0.943. The summed E-state index contributed by atoms with van der Waals surface area (Å²) >= 11 is 0. The van der Waals surface area contributed by atoms with Gasteiger partial charge in [0.25, 0.3) is 0 Å². The molecular weight excluding hydrogens is 154 g/mol. The van der Waals surface area contributed by atoms with Crippen molar-refractivity contribution in [1.82, 2.24) is 4.98 Å². The summed E-state index contributed by atoms with van der Waals surface area (Å²) in [6, 6.07) is 3.72. The molecule has 0 amide bonds. The molecule has 0 aliphatic carbocycles. The number of rotatable bonds is 4. The Labute approximate surface area is 71.4 Å². The van der Waals surface area contributed by atoms with Crippen molar-refractivity contribution in [2.75, 3.05) is 7.11 Å². The molecule has 0 N–H and O–H groups in total. The number of ether oxygens (including phenoxy) is 1. The van der Waals surface area contributed by atoms with Gasteiger partial charge in [-0.1, -0.05) is 0 Å². The zero-order chi connectivity index (χ0) is 8.81. The Morgan fingerprint density at radius 2 is 2.50 bits per heavy atom. The molecule has 0 spiro atoms. The maximum absolute atomic E-state index is 10.1. The Bertz CT molecular complexity index is 260. The molecule has 3 heteroatoms. The Morgan fingerprint density at radius 3 is 3.17 bits per heavy atom. The second-order valence-electron chi connectivity index (χ2n) is 2.41. The predicted molar refractivity (Wildman–Crippen MR) is 45.2 cm³/mol. The lowest BCUT2D eigenvalue weighted by Gasteiger charge is -2.00.